The van der Waals surface area contributed by atoms with E-state index >= 15 is 0 Å². The average molecular weight is 340 g/mol. The highest BCUT2D eigenvalue weighted by atomic mass is 79.9. The number of hydrogen-bond donors (Lipinski definition) is 1. The van der Waals surface area contributed by atoms with Crippen molar-refractivity contribution in [3.8, 4) is 0 Å². The van der Waals surface area contributed by atoms with E-state index in [-0.39, 0.29) is 6.04 Å². The number of pyridine rings is 1. The summed E-state index contributed by atoms with van der Waals surface area (Å²) in [4.78, 5) is 4.21. The van der Waals surface area contributed by atoms with Crippen LogP contribution >= 0.6 is 27.5 Å². The second-order valence-corrected chi connectivity index (χ2v) is 5.67. The first-order valence-corrected chi connectivity index (χ1v) is 7.45. The van der Waals surface area contributed by atoms with E-state index in [0.29, 0.717) is 0 Å². The molecule has 2 nitrogen and oxygen atoms in total. The summed E-state index contributed by atoms with van der Waals surface area (Å²) in [5.41, 5.74) is 2.31. The Labute approximate surface area is 127 Å². The van der Waals surface area contributed by atoms with Gasteiger partial charge in [-0.05, 0) is 52.2 Å². The van der Waals surface area contributed by atoms with E-state index in [0.717, 1.165) is 28.0 Å². The monoisotopic (exact) mass is 338 g/mol. The van der Waals surface area contributed by atoms with E-state index in [1.54, 1.807) is 6.20 Å². The minimum Gasteiger partial charge on any atom is -0.310 e. The summed E-state index contributed by atoms with van der Waals surface area (Å²) >= 11 is 9.74. The zero-order valence-corrected chi connectivity index (χ0v) is 13.1. The van der Waals surface area contributed by atoms with Gasteiger partial charge in [0.25, 0.3) is 0 Å². The maximum absolute atomic E-state index is 6.29. The van der Waals surface area contributed by atoms with Crippen molar-refractivity contribution in [1.82, 2.24) is 10.3 Å². The molecule has 0 aliphatic heterocycles. The summed E-state index contributed by atoms with van der Waals surface area (Å²) in [5.74, 6) is 0. The van der Waals surface area contributed by atoms with Crippen LogP contribution in [0.2, 0.25) is 5.02 Å². The van der Waals surface area contributed by atoms with Crippen molar-refractivity contribution in [2.24, 2.45) is 0 Å². The smallest absolute Gasteiger partial charge is 0.0453 e. The third kappa shape index (κ3) is 4.03. The molecule has 0 saturated carbocycles. The van der Waals surface area contributed by atoms with Gasteiger partial charge < -0.3 is 5.32 Å². The lowest BCUT2D eigenvalue weighted by molar-refractivity contribution is 0.549. The normalized spacial score (nSPS) is 12.4. The van der Waals surface area contributed by atoms with Crippen molar-refractivity contribution in [2.75, 3.05) is 6.54 Å². The highest BCUT2D eigenvalue weighted by Gasteiger charge is 2.14. The summed E-state index contributed by atoms with van der Waals surface area (Å²) in [5, 5.41) is 4.28. The molecular formula is C15H16BrClN2. The average Bonchev–Trinajstić information content (AvgIpc) is 2.39. The maximum atomic E-state index is 6.29. The number of rotatable bonds is 5. The van der Waals surface area contributed by atoms with Gasteiger partial charge in [-0.15, -0.1) is 0 Å². The van der Waals surface area contributed by atoms with E-state index in [1.807, 2.05) is 24.4 Å². The molecule has 0 radical (unpaired) electrons. The second-order valence-electron chi connectivity index (χ2n) is 4.35. The zero-order valence-electron chi connectivity index (χ0n) is 10.7. The summed E-state index contributed by atoms with van der Waals surface area (Å²) in [6, 6.07) is 10.3. The van der Waals surface area contributed by atoms with Crippen LogP contribution in [-0.4, -0.2) is 11.5 Å². The van der Waals surface area contributed by atoms with Gasteiger partial charge in [0.1, 0.15) is 0 Å². The Kier molecular flexibility index (Phi) is 5.37. The standard InChI is InChI=1S/C15H16BrClN2/c1-2-19-15(13-5-3-4-6-14(13)17)8-11-7-12(16)10-18-9-11/h3-7,9-10,15,19H,2,8H2,1H3. The van der Waals surface area contributed by atoms with Gasteiger partial charge in [-0.1, -0.05) is 36.7 Å². The van der Waals surface area contributed by atoms with Crippen molar-refractivity contribution in [2.45, 2.75) is 19.4 Å². The Bertz CT molecular complexity index is 545. The van der Waals surface area contributed by atoms with E-state index in [9.17, 15) is 0 Å². The molecule has 1 N–H and O–H groups in total. The number of halogens is 2. The summed E-state index contributed by atoms with van der Waals surface area (Å²) in [7, 11) is 0. The fraction of sp³-hybridized carbons (Fsp3) is 0.267. The predicted molar refractivity (Wildman–Crippen MR) is 83.5 cm³/mol. The first-order chi connectivity index (χ1) is 9.20. The molecule has 1 unspecified atom stereocenters. The third-order valence-corrected chi connectivity index (χ3v) is 3.71. The number of nitrogens with zero attached hydrogens (tertiary/aromatic N) is 1. The molecule has 2 rings (SSSR count). The molecular weight excluding hydrogens is 324 g/mol. The molecule has 0 aliphatic carbocycles. The molecule has 0 amide bonds. The van der Waals surface area contributed by atoms with E-state index in [4.69, 9.17) is 11.6 Å². The van der Waals surface area contributed by atoms with Crippen LogP contribution in [0.3, 0.4) is 0 Å². The van der Waals surface area contributed by atoms with Gasteiger partial charge >= 0.3 is 0 Å². The number of benzene rings is 1. The Morgan fingerprint density at radius 3 is 2.79 bits per heavy atom. The maximum Gasteiger partial charge on any atom is 0.0453 e. The van der Waals surface area contributed by atoms with Crippen LogP contribution in [0.5, 0.6) is 0 Å². The lowest BCUT2D eigenvalue weighted by atomic mass is 10.00. The lowest BCUT2D eigenvalue weighted by Gasteiger charge is -2.19. The number of hydrogen-bond acceptors (Lipinski definition) is 2. The SMILES string of the molecule is CCNC(Cc1cncc(Br)c1)c1ccccc1Cl. The van der Waals surface area contributed by atoms with Crippen LogP contribution < -0.4 is 5.32 Å². The van der Waals surface area contributed by atoms with Crippen molar-refractivity contribution in [3.05, 3.63) is 63.3 Å². The van der Waals surface area contributed by atoms with Crippen LogP contribution in [-0.2, 0) is 6.42 Å². The molecule has 19 heavy (non-hydrogen) atoms. The fourth-order valence-corrected chi connectivity index (χ4v) is 2.78. The van der Waals surface area contributed by atoms with Gasteiger partial charge in [0.15, 0.2) is 0 Å². The minimum absolute atomic E-state index is 0.204. The number of nitrogens with one attached hydrogen (secondary N) is 1. The molecule has 2 aromatic rings. The molecule has 0 aliphatic rings. The van der Waals surface area contributed by atoms with Crippen LogP contribution in [0.4, 0.5) is 0 Å². The van der Waals surface area contributed by atoms with Crippen LogP contribution in [0.25, 0.3) is 0 Å². The lowest BCUT2D eigenvalue weighted by Crippen LogP contribution is -2.23. The van der Waals surface area contributed by atoms with Gasteiger partial charge in [0.05, 0.1) is 0 Å². The highest BCUT2D eigenvalue weighted by molar-refractivity contribution is 9.10. The molecule has 0 spiro atoms. The summed E-state index contributed by atoms with van der Waals surface area (Å²) < 4.78 is 0.999. The fourth-order valence-electron chi connectivity index (χ4n) is 2.10. The number of aromatic nitrogens is 1. The van der Waals surface area contributed by atoms with Gasteiger partial charge in [-0.2, -0.15) is 0 Å². The van der Waals surface area contributed by atoms with Crippen LogP contribution in [0, 0.1) is 0 Å². The second kappa shape index (κ2) is 7.04. The van der Waals surface area contributed by atoms with Crippen LogP contribution in [0.15, 0.2) is 47.2 Å². The van der Waals surface area contributed by atoms with Crippen molar-refractivity contribution in [3.63, 3.8) is 0 Å². The molecule has 100 valence electrons. The molecule has 4 heteroatoms. The van der Waals surface area contributed by atoms with Gasteiger partial charge in [-0.3, -0.25) is 4.98 Å². The van der Waals surface area contributed by atoms with Gasteiger partial charge in [0.2, 0.25) is 0 Å². The largest absolute Gasteiger partial charge is 0.310 e. The van der Waals surface area contributed by atoms with E-state index < -0.39 is 0 Å². The van der Waals surface area contributed by atoms with Crippen molar-refractivity contribution < 1.29 is 0 Å². The summed E-state index contributed by atoms with van der Waals surface area (Å²) in [6.45, 7) is 3.00. The molecule has 1 aromatic heterocycles. The first kappa shape index (κ1) is 14.5. The zero-order chi connectivity index (χ0) is 13.7. The molecule has 1 heterocycles. The van der Waals surface area contributed by atoms with Crippen molar-refractivity contribution >= 4 is 27.5 Å². The molecule has 0 bridgehead atoms. The molecule has 1 atom stereocenters. The topological polar surface area (TPSA) is 24.9 Å². The van der Waals surface area contributed by atoms with Crippen LogP contribution in [0.1, 0.15) is 24.1 Å². The van der Waals surface area contributed by atoms with E-state index in [2.05, 4.69) is 45.3 Å². The minimum atomic E-state index is 0.204. The van der Waals surface area contributed by atoms with Crippen molar-refractivity contribution in [1.29, 1.82) is 0 Å². The Morgan fingerprint density at radius 2 is 2.11 bits per heavy atom. The first-order valence-electron chi connectivity index (χ1n) is 6.28. The highest BCUT2D eigenvalue weighted by Crippen LogP contribution is 2.26. The Balaban J connectivity index is 2.24. The quantitative estimate of drug-likeness (QED) is 0.874. The number of likely N-dealkylation sites (N-methyl/N-ethyl adjacent to an activating group) is 1. The Morgan fingerprint density at radius 1 is 1.32 bits per heavy atom. The van der Waals surface area contributed by atoms with Gasteiger partial charge in [-0.25, -0.2) is 0 Å². The van der Waals surface area contributed by atoms with E-state index in [1.165, 1.54) is 5.56 Å². The predicted octanol–water partition coefficient (Wildman–Crippen LogP) is 4.39. The third-order valence-electron chi connectivity index (χ3n) is 2.93. The summed E-state index contributed by atoms with van der Waals surface area (Å²) in [6.07, 6.45) is 4.55. The molecule has 1 aromatic carbocycles. The molecule has 0 fully saturated rings. The van der Waals surface area contributed by atoms with Gasteiger partial charge in [0, 0.05) is 27.9 Å². The Hall–Kier alpha value is -0.900. The molecule has 0 saturated heterocycles.